The van der Waals surface area contributed by atoms with Crippen LogP contribution in [0.4, 0.5) is 17.6 Å². The lowest BCUT2D eigenvalue weighted by molar-refractivity contribution is -0.137. The summed E-state index contributed by atoms with van der Waals surface area (Å²) >= 11 is 3.08. The van der Waals surface area contributed by atoms with Crippen LogP contribution in [0.5, 0.6) is 0 Å². The Morgan fingerprint density at radius 3 is 2.06 bits per heavy atom. The highest BCUT2D eigenvalue weighted by Crippen LogP contribution is 2.33. The van der Waals surface area contributed by atoms with E-state index in [1.807, 2.05) is 4.90 Å². The highest BCUT2D eigenvalue weighted by Gasteiger charge is 2.35. The number of aliphatic carboxylic acids is 2. The predicted molar refractivity (Wildman–Crippen MR) is 168 cm³/mol. The van der Waals surface area contributed by atoms with E-state index in [1.54, 1.807) is 26.1 Å². The average Bonchev–Trinajstić information content (AvgIpc) is 2.98. The molecular weight excluding hydrogens is 692 g/mol. The van der Waals surface area contributed by atoms with Crippen LogP contribution in [0.2, 0.25) is 0 Å². The largest absolute Gasteiger partial charge is 0.478 e. The van der Waals surface area contributed by atoms with Gasteiger partial charge in [-0.3, -0.25) is 14.5 Å². The molecule has 47 heavy (non-hydrogen) atoms. The van der Waals surface area contributed by atoms with Gasteiger partial charge in [-0.15, -0.1) is 0 Å². The van der Waals surface area contributed by atoms with Crippen molar-refractivity contribution in [2.75, 3.05) is 59.4 Å². The zero-order chi connectivity index (χ0) is 34.9. The lowest BCUT2D eigenvalue weighted by Gasteiger charge is -2.48. The van der Waals surface area contributed by atoms with Gasteiger partial charge in [0.25, 0.3) is 5.91 Å². The number of carboxylic acid groups (broad SMARTS) is 2. The number of carboxylic acids is 2. The van der Waals surface area contributed by atoms with Crippen molar-refractivity contribution in [3.8, 4) is 0 Å². The third-order valence-electron chi connectivity index (χ3n) is 8.03. The van der Waals surface area contributed by atoms with Crippen molar-refractivity contribution >= 4 is 39.7 Å². The van der Waals surface area contributed by atoms with Crippen LogP contribution in [0.1, 0.15) is 40.7 Å². The second-order valence-electron chi connectivity index (χ2n) is 11.4. The number of benzene rings is 2. The molecule has 0 unspecified atom stereocenters. The van der Waals surface area contributed by atoms with Crippen molar-refractivity contribution in [2.24, 2.45) is 0 Å². The molecule has 0 aliphatic carbocycles. The van der Waals surface area contributed by atoms with Crippen molar-refractivity contribution in [3.63, 3.8) is 0 Å². The topological polar surface area (TPSA) is 122 Å². The normalized spacial score (nSPS) is 16.6. The van der Waals surface area contributed by atoms with Crippen LogP contribution in [0.25, 0.3) is 0 Å². The van der Waals surface area contributed by atoms with Crippen LogP contribution in [0, 0.1) is 5.82 Å². The minimum absolute atomic E-state index is 0.0486. The molecule has 10 nitrogen and oxygen atoms in total. The highest BCUT2D eigenvalue weighted by molar-refractivity contribution is 9.10. The highest BCUT2D eigenvalue weighted by atomic mass is 79.9. The Morgan fingerprint density at radius 2 is 1.55 bits per heavy atom. The molecule has 2 aromatic carbocycles. The van der Waals surface area contributed by atoms with Gasteiger partial charge in [0.1, 0.15) is 5.82 Å². The molecule has 2 heterocycles. The fourth-order valence-electron chi connectivity index (χ4n) is 5.45. The molecule has 2 saturated heterocycles. The number of hydrogen-bond donors (Lipinski definition) is 2. The molecule has 0 spiro atoms. The van der Waals surface area contributed by atoms with E-state index < -0.39 is 29.6 Å². The number of rotatable bonds is 10. The number of likely N-dealkylation sites (tertiary alicyclic amines) is 1. The van der Waals surface area contributed by atoms with E-state index in [0.717, 1.165) is 63.5 Å². The quantitative estimate of drug-likeness (QED) is 0.273. The summed E-state index contributed by atoms with van der Waals surface area (Å²) in [5.74, 6) is -3.39. The standard InChI is InChI=1S/C28H33BrF4N4O2.C4H4O4/c1-19(38)36-9-11-37(12-10-36)26-17-35(18-26)8-7-21(20-3-5-25(30)6-4-20)16-34(2)27(39)22-13-23(28(31,32)33)15-24(29)14-22;5-3(6)1-2-4(7)8/h3-6,13-15,21,26H,7-12,16-18H2,1-2H3;1-2H,(H,5,6)(H,7,8)/b;2-1+/t21-;/m1./s1. The second kappa shape index (κ2) is 16.8. The summed E-state index contributed by atoms with van der Waals surface area (Å²) in [6, 6.07) is 9.82. The molecule has 2 aliphatic heterocycles. The molecule has 0 radical (unpaired) electrons. The molecule has 4 rings (SSSR count). The lowest BCUT2D eigenvalue weighted by Crippen LogP contribution is -2.63. The first-order chi connectivity index (χ1) is 22.0. The average molecular weight is 730 g/mol. The number of alkyl halides is 3. The summed E-state index contributed by atoms with van der Waals surface area (Å²) in [5, 5.41) is 15.6. The van der Waals surface area contributed by atoms with Crippen molar-refractivity contribution in [1.82, 2.24) is 19.6 Å². The van der Waals surface area contributed by atoms with Gasteiger partial charge in [0.15, 0.2) is 0 Å². The van der Waals surface area contributed by atoms with Gasteiger partial charge in [-0.05, 0) is 48.9 Å². The number of carbonyl (C=O) groups excluding carboxylic acids is 2. The summed E-state index contributed by atoms with van der Waals surface area (Å²) in [4.78, 5) is 51.9. The molecule has 2 N–H and O–H groups in total. The maximum atomic E-state index is 13.6. The fraction of sp³-hybridized carbons (Fsp3) is 0.438. The van der Waals surface area contributed by atoms with Crippen LogP contribution in [0.3, 0.4) is 0 Å². The zero-order valence-electron chi connectivity index (χ0n) is 25.9. The van der Waals surface area contributed by atoms with Crippen molar-refractivity contribution in [3.05, 3.63) is 81.6 Å². The van der Waals surface area contributed by atoms with E-state index in [9.17, 15) is 36.7 Å². The summed E-state index contributed by atoms with van der Waals surface area (Å²) in [7, 11) is 1.58. The maximum Gasteiger partial charge on any atom is 0.416 e. The van der Waals surface area contributed by atoms with Gasteiger partial charge in [0.05, 0.1) is 5.56 Å². The van der Waals surface area contributed by atoms with Gasteiger partial charge in [-0.25, -0.2) is 14.0 Å². The van der Waals surface area contributed by atoms with Crippen LogP contribution in [0.15, 0.2) is 59.1 Å². The first-order valence-corrected chi connectivity index (χ1v) is 15.6. The summed E-state index contributed by atoms with van der Waals surface area (Å²) in [6.45, 7) is 7.74. The number of amides is 2. The van der Waals surface area contributed by atoms with Crippen LogP contribution in [-0.2, 0) is 20.6 Å². The predicted octanol–water partition coefficient (Wildman–Crippen LogP) is 4.41. The minimum Gasteiger partial charge on any atom is -0.478 e. The molecule has 1 atom stereocenters. The molecule has 0 saturated carbocycles. The molecular formula is C32H37BrF4N4O6. The molecule has 0 aromatic heterocycles. The fourth-order valence-corrected chi connectivity index (χ4v) is 5.94. The molecule has 15 heteroatoms. The van der Waals surface area contributed by atoms with Crippen LogP contribution >= 0.6 is 15.9 Å². The smallest absolute Gasteiger partial charge is 0.416 e. The van der Waals surface area contributed by atoms with Crippen LogP contribution in [-0.4, -0.2) is 119 Å². The Labute approximate surface area is 278 Å². The van der Waals surface area contributed by atoms with Gasteiger partial charge in [0.2, 0.25) is 5.91 Å². The Balaban J connectivity index is 0.000000665. The summed E-state index contributed by atoms with van der Waals surface area (Å²) in [6.07, 6.45) is -2.74. The number of piperazine rings is 1. The number of nitrogens with zero attached hydrogens (tertiary/aromatic N) is 4. The first kappa shape index (κ1) is 37.6. The van der Waals surface area contributed by atoms with Crippen molar-refractivity contribution in [1.29, 1.82) is 0 Å². The molecule has 0 bridgehead atoms. The zero-order valence-corrected chi connectivity index (χ0v) is 27.5. The Kier molecular flexibility index (Phi) is 13.5. The van der Waals surface area contributed by atoms with Gasteiger partial charge in [-0.2, -0.15) is 13.2 Å². The van der Waals surface area contributed by atoms with E-state index in [1.165, 1.54) is 23.1 Å². The number of likely N-dealkylation sites (N-methyl/N-ethyl adjacent to an activating group) is 1. The Hall–Kier alpha value is -3.82. The SMILES string of the molecule is CC(=O)N1CCN(C2CN(CC[C@H](CN(C)C(=O)c3cc(Br)cc(C(F)(F)F)c3)c3ccc(F)cc3)C2)CC1.O=C(O)/C=C/C(=O)O. The van der Waals surface area contributed by atoms with Crippen molar-refractivity contribution < 1.29 is 47.0 Å². The Morgan fingerprint density at radius 1 is 0.979 bits per heavy atom. The van der Waals surface area contributed by atoms with Gasteiger partial charge in [0, 0.05) is 93.9 Å². The second-order valence-corrected chi connectivity index (χ2v) is 12.3. The van der Waals surface area contributed by atoms with E-state index in [0.29, 0.717) is 24.6 Å². The third-order valence-corrected chi connectivity index (χ3v) is 8.49. The molecule has 2 fully saturated rings. The van der Waals surface area contributed by atoms with E-state index >= 15 is 0 Å². The Bertz CT molecular complexity index is 1430. The van der Waals surface area contributed by atoms with Crippen LogP contribution < -0.4 is 0 Å². The molecule has 2 amide bonds. The molecule has 2 aromatic rings. The maximum absolute atomic E-state index is 13.6. The number of hydrogen-bond acceptors (Lipinski definition) is 6. The van der Waals surface area contributed by atoms with E-state index in [4.69, 9.17) is 10.2 Å². The number of carbonyl (C=O) groups is 4. The number of halogens is 5. The van der Waals surface area contributed by atoms with E-state index in [-0.39, 0.29) is 34.2 Å². The van der Waals surface area contributed by atoms with Gasteiger partial charge >= 0.3 is 18.1 Å². The van der Waals surface area contributed by atoms with E-state index in [2.05, 4.69) is 25.7 Å². The third kappa shape index (κ3) is 11.7. The van der Waals surface area contributed by atoms with Gasteiger partial charge in [-0.1, -0.05) is 28.1 Å². The first-order valence-electron chi connectivity index (χ1n) is 14.8. The lowest BCUT2D eigenvalue weighted by atomic mass is 9.93. The minimum atomic E-state index is -4.57. The molecule has 2 aliphatic rings. The molecule has 256 valence electrons. The summed E-state index contributed by atoms with van der Waals surface area (Å²) < 4.78 is 53.6. The van der Waals surface area contributed by atoms with Crippen molar-refractivity contribution in [2.45, 2.75) is 31.5 Å². The monoisotopic (exact) mass is 728 g/mol. The summed E-state index contributed by atoms with van der Waals surface area (Å²) in [5.41, 5.74) is -0.0648. The van der Waals surface area contributed by atoms with Gasteiger partial charge < -0.3 is 24.9 Å².